The van der Waals surface area contributed by atoms with E-state index in [0.717, 1.165) is 30.8 Å². The summed E-state index contributed by atoms with van der Waals surface area (Å²) in [4.78, 5) is 12.7. The fourth-order valence-electron chi connectivity index (χ4n) is 1.84. The van der Waals surface area contributed by atoms with E-state index in [1.54, 1.807) is 4.68 Å². The predicted molar refractivity (Wildman–Crippen MR) is 81.0 cm³/mol. The highest BCUT2D eigenvalue weighted by molar-refractivity contribution is 5.56. The quantitative estimate of drug-likeness (QED) is 0.803. The summed E-state index contributed by atoms with van der Waals surface area (Å²) in [6.45, 7) is 4.92. The molecule has 0 atom stereocenters. The maximum absolute atomic E-state index is 5.11. The Morgan fingerprint density at radius 3 is 2.62 bits per heavy atom. The molecular formula is C13H21N7O. The molecule has 0 aliphatic rings. The number of hydrogen-bond donors (Lipinski definition) is 2. The van der Waals surface area contributed by atoms with Crippen LogP contribution in [0, 0.1) is 0 Å². The molecule has 0 aromatic carbocycles. The average Bonchev–Trinajstić information content (AvgIpc) is 2.84. The van der Waals surface area contributed by atoms with Gasteiger partial charge in [-0.3, -0.25) is 4.68 Å². The van der Waals surface area contributed by atoms with Crippen molar-refractivity contribution in [3.8, 4) is 6.01 Å². The molecule has 0 aliphatic heterocycles. The van der Waals surface area contributed by atoms with Gasteiger partial charge in [0.05, 0.1) is 18.5 Å². The van der Waals surface area contributed by atoms with Crippen LogP contribution >= 0.6 is 0 Å². The van der Waals surface area contributed by atoms with Crippen molar-refractivity contribution in [2.75, 3.05) is 24.3 Å². The van der Waals surface area contributed by atoms with Crippen LogP contribution in [0.5, 0.6) is 6.01 Å². The fourth-order valence-corrected chi connectivity index (χ4v) is 1.84. The summed E-state index contributed by atoms with van der Waals surface area (Å²) in [5.74, 6) is 0.927. The van der Waals surface area contributed by atoms with Crippen molar-refractivity contribution in [2.45, 2.75) is 26.7 Å². The summed E-state index contributed by atoms with van der Waals surface area (Å²) >= 11 is 0. The Labute approximate surface area is 124 Å². The van der Waals surface area contributed by atoms with Gasteiger partial charge in [-0.15, -0.1) is 0 Å². The molecule has 0 aliphatic carbocycles. The molecule has 0 amide bonds. The van der Waals surface area contributed by atoms with Gasteiger partial charge in [0.2, 0.25) is 11.9 Å². The predicted octanol–water partition coefficient (Wildman–Crippen LogP) is 1.74. The Morgan fingerprint density at radius 2 is 1.95 bits per heavy atom. The third-order valence-corrected chi connectivity index (χ3v) is 2.82. The molecule has 114 valence electrons. The molecule has 8 heteroatoms. The Hall–Kier alpha value is -2.38. The molecule has 2 heterocycles. The molecule has 0 saturated carbocycles. The summed E-state index contributed by atoms with van der Waals surface area (Å²) in [7, 11) is 3.41. The number of hydrogen-bond acceptors (Lipinski definition) is 7. The topological polar surface area (TPSA) is 89.8 Å². The summed E-state index contributed by atoms with van der Waals surface area (Å²) < 4.78 is 6.87. The number of methoxy groups -OCH3 is 1. The number of nitrogens with zero attached hydrogens (tertiary/aromatic N) is 5. The van der Waals surface area contributed by atoms with E-state index in [1.807, 2.05) is 13.2 Å². The van der Waals surface area contributed by atoms with Crippen LogP contribution in [0.25, 0.3) is 0 Å². The molecule has 2 aromatic rings. The summed E-state index contributed by atoms with van der Waals surface area (Å²) in [5.41, 5.74) is 1.84. The van der Waals surface area contributed by atoms with Crippen LogP contribution in [0.3, 0.4) is 0 Å². The van der Waals surface area contributed by atoms with E-state index >= 15 is 0 Å². The second kappa shape index (κ2) is 6.87. The summed E-state index contributed by atoms with van der Waals surface area (Å²) in [6, 6.07) is 0.271. The van der Waals surface area contributed by atoms with Gasteiger partial charge < -0.3 is 15.4 Å². The Morgan fingerprint density at radius 1 is 1.19 bits per heavy atom. The van der Waals surface area contributed by atoms with Gasteiger partial charge in [0.15, 0.2) is 0 Å². The van der Waals surface area contributed by atoms with E-state index in [-0.39, 0.29) is 6.01 Å². The molecule has 0 saturated heterocycles. The van der Waals surface area contributed by atoms with E-state index in [1.165, 1.54) is 7.11 Å². The standard InChI is InChI=1S/C13H21N7O/c1-5-7-14-11-16-12(18-13(17-11)21-4)15-10-8-20(3)19-9(10)6-2/h8H,5-7H2,1-4H3,(H2,14,15,16,17,18). The molecule has 0 unspecified atom stereocenters. The smallest absolute Gasteiger partial charge is 0.322 e. The third-order valence-electron chi connectivity index (χ3n) is 2.82. The van der Waals surface area contributed by atoms with Crippen LogP contribution in [-0.2, 0) is 13.5 Å². The van der Waals surface area contributed by atoms with Crippen molar-refractivity contribution in [3.63, 3.8) is 0 Å². The highest BCUT2D eigenvalue weighted by atomic mass is 16.5. The summed E-state index contributed by atoms with van der Waals surface area (Å²) in [5, 5.41) is 10.7. The average molecular weight is 291 g/mol. The summed E-state index contributed by atoms with van der Waals surface area (Å²) in [6.07, 6.45) is 3.71. The van der Waals surface area contributed by atoms with Gasteiger partial charge in [0.25, 0.3) is 0 Å². The SMILES string of the molecule is CCCNc1nc(Nc2cn(C)nc2CC)nc(OC)n1. The monoisotopic (exact) mass is 291 g/mol. The van der Waals surface area contributed by atoms with Crippen LogP contribution in [-0.4, -0.2) is 38.4 Å². The molecule has 0 fully saturated rings. The Kier molecular flexibility index (Phi) is 4.91. The molecule has 21 heavy (non-hydrogen) atoms. The normalized spacial score (nSPS) is 10.5. The van der Waals surface area contributed by atoms with Gasteiger partial charge in [0, 0.05) is 19.8 Å². The first kappa shape index (κ1) is 15.0. The molecule has 0 bridgehead atoms. The number of anilines is 3. The Bertz CT molecular complexity index is 596. The fraction of sp³-hybridized carbons (Fsp3) is 0.538. The van der Waals surface area contributed by atoms with Crippen molar-refractivity contribution in [1.82, 2.24) is 24.7 Å². The molecule has 2 N–H and O–H groups in total. The van der Waals surface area contributed by atoms with Crippen LogP contribution < -0.4 is 15.4 Å². The number of aromatic nitrogens is 5. The van der Waals surface area contributed by atoms with E-state index in [2.05, 4.69) is 44.5 Å². The van der Waals surface area contributed by atoms with Crippen molar-refractivity contribution >= 4 is 17.6 Å². The number of rotatable bonds is 7. The van der Waals surface area contributed by atoms with Crippen molar-refractivity contribution in [3.05, 3.63) is 11.9 Å². The Balaban J connectivity index is 2.25. The molecule has 8 nitrogen and oxygen atoms in total. The van der Waals surface area contributed by atoms with E-state index in [9.17, 15) is 0 Å². The first-order valence-electron chi connectivity index (χ1n) is 6.99. The molecule has 2 rings (SSSR count). The molecule has 2 aromatic heterocycles. The van der Waals surface area contributed by atoms with Gasteiger partial charge in [-0.2, -0.15) is 20.1 Å². The van der Waals surface area contributed by atoms with Crippen molar-refractivity contribution in [2.24, 2.45) is 7.05 Å². The van der Waals surface area contributed by atoms with Gasteiger partial charge in [-0.05, 0) is 12.8 Å². The second-order valence-corrected chi connectivity index (χ2v) is 4.54. The molecular weight excluding hydrogens is 270 g/mol. The van der Waals surface area contributed by atoms with Crippen LogP contribution in [0.2, 0.25) is 0 Å². The third kappa shape index (κ3) is 3.80. The minimum Gasteiger partial charge on any atom is -0.467 e. The van der Waals surface area contributed by atoms with E-state index in [0.29, 0.717) is 11.9 Å². The van der Waals surface area contributed by atoms with Crippen LogP contribution in [0.4, 0.5) is 17.6 Å². The number of nitrogens with one attached hydrogen (secondary N) is 2. The molecule has 0 radical (unpaired) electrons. The largest absolute Gasteiger partial charge is 0.467 e. The highest BCUT2D eigenvalue weighted by Gasteiger charge is 2.10. The first-order valence-corrected chi connectivity index (χ1v) is 6.99. The second-order valence-electron chi connectivity index (χ2n) is 4.54. The van der Waals surface area contributed by atoms with Gasteiger partial charge in [-0.1, -0.05) is 13.8 Å². The van der Waals surface area contributed by atoms with Gasteiger partial charge >= 0.3 is 6.01 Å². The van der Waals surface area contributed by atoms with Gasteiger partial charge in [0.1, 0.15) is 0 Å². The lowest BCUT2D eigenvalue weighted by Gasteiger charge is -2.08. The van der Waals surface area contributed by atoms with Gasteiger partial charge in [-0.25, -0.2) is 0 Å². The number of aryl methyl sites for hydroxylation is 2. The highest BCUT2D eigenvalue weighted by Crippen LogP contribution is 2.19. The van der Waals surface area contributed by atoms with Crippen molar-refractivity contribution in [1.29, 1.82) is 0 Å². The first-order chi connectivity index (χ1) is 10.2. The zero-order valence-electron chi connectivity index (χ0n) is 12.8. The van der Waals surface area contributed by atoms with Crippen molar-refractivity contribution < 1.29 is 4.74 Å². The van der Waals surface area contributed by atoms with E-state index < -0.39 is 0 Å². The minimum atomic E-state index is 0.271. The van der Waals surface area contributed by atoms with Crippen LogP contribution in [0.15, 0.2) is 6.20 Å². The maximum Gasteiger partial charge on any atom is 0.322 e. The lowest BCUT2D eigenvalue weighted by atomic mass is 10.3. The zero-order valence-corrected chi connectivity index (χ0v) is 12.8. The van der Waals surface area contributed by atoms with E-state index in [4.69, 9.17) is 4.74 Å². The van der Waals surface area contributed by atoms with Crippen LogP contribution in [0.1, 0.15) is 26.0 Å². The zero-order chi connectivity index (χ0) is 15.2. The lowest BCUT2D eigenvalue weighted by molar-refractivity contribution is 0.379. The lowest BCUT2D eigenvalue weighted by Crippen LogP contribution is -2.09. The number of ether oxygens (including phenoxy) is 1. The minimum absolute atomic E-state index is 0.271. The molecule has 0 spiro atoms. The maximum atomic E-state index is 5.11.